The fourth-order valence-corrected chi connectivity index (χ4v) is 8.63. The standard InChI is InChI=1S/C39H25NS/c1-3-13-26(14-4-1)39(27-15-5-2-6-16-27)32-19-11-21-35-37(32)41-38-33(39)23-22-30-28-17-8-7-12-25(28)24-31(36(30)38)29-18-9-10-20-34(29)40-35/h1-24,40H. The highest BCUT2D eigenvalue weighted by molar-refractivity contribution is 8.00. The Morgan fingerprint density at radius 2 is 1.12 bits per heavy atom. The van der Waals surface area contributed by atoms with Crippen LogP contribution in [0.3, 0.4) is 0 Å². The Bertz CT molecular complexity index is 2110. The molecule has 1 nitrogen and oxygen atoms in total. The Morgan fingerprint density at radius 3 is 1.93 bits per heavy atom. The van der Waals surface area contributed by atoms with Crippen molar-refractivity contribution in [3.8, 4) is 11.1 Å². The fraction of sp³-hybridized carbons (Fsp3) is 0.0256. The Kier molecular flexibility index (Phi) is 4.82. The first-order valence-corrected chi connectivity index (χ1v) is 14.9. The summed E-state index contributed by atoms with van der Waals surface area (Å²) in [5.41, 5.74) is 9.54. The summed E-state index contributed by atoms with van der Waals surface area (Å²) in [6.07, 6.45) is 0. The third-order valence-corrected chi connectivity index (χ3v) is 10.2. The van der Waals surface area contributed by atoms with E-state index >= 15 is 0 Å². The van der Waals surface area contributed by atoms with Crippen molar-refractivity contribution < 1.29 is 0 Å². The van der Waals surface area contributed by atoms with Crippen LogP contribution in [-0.4, -0.2) is 0 Å². The topological polar surface area (TPSA) is 12.0 Å². The summed E-state index contributed by atoms with van der Waals surface area (Å²) in [5, 5.41) is 9.09. The van der Waals surface area contributed by atoms with E-state index in [0.717, 1.165) is 11.4 Å². The first kappa shape index (κ1) is 23.0. The van der Waals surface area contributed by atoms with Crippen LogP contribution in [0.15, 0.2) is 155 Å². The van der Waals surface area contributed by atoms with Gasteiger partial charge in [0.15, 0.2) is 0 Å². The minimum Gasteiger partial charge on any atom is -0.354 e. The highest BCUT2D eigenvalue weighted by Gasteiger charge is 2.46. The van der Waals surface area contributed by atoms with E-state index in [1.54, 1.807) is 0 Å². The molecule has 0 unspecified atom stereocenters. The van der Waals surface area contributed by atoms with Crippen molar-refractivity contribution in [3.05, 3.63) is 168 Å². The highest BCUT2D eigenvalue weighted by Crippen LogP contribution is 2.61. The van der Waals surface area contributed by atoms with Crippen LogP contribution in [0.5, 0.6) is 0 Å². The molecule has 41 heavy (non-hydrogen) atoms. The molecule has 0 saturated heterocycles. The number of benzene rings is 7. The van der Waals surface area contributed by atoms with Crippen LogP contribution < -0.4 is 5.32 Å². The van der Waals surface area contributed by atoms with Crippen molar-refractivity contribution in [1.82, 2.24) is 0 Å². The molecule has 2 aliphatic heterocycles. The van der Waals surface area contributed by atoms with Gasteiger partial charge in [0.05, 0.1) is 11.1 Å². The Balaban J connectivity index is 1.56. The van der Waals surface area contributed by atoms with Crippen LogP contribution in [-0.2, 0) is 5.41 Å². The van der Waals surface area contributed by atoms with E-state index in [2.05, 4.69) is 151 Å². The highest BCUT2D eigenvalue weighted by atomic mass is 32.2. The van der Waals surface area contributed by atoms with Gasteiger partial charge in [-0.3, -0.25) is 0 Å². The molecule has 0 fully saturated rings. The van der Waals surface area contributed by atoms with Crippen LogP contribution in [0.25, 0.3) is 32.7 Å². The first-order valence-electron chi connectivity index (χ1n) is 14.1. The molecule has 7 aromatic carbocycles. The number of rotatable bonds is 2. The van der Waals surface area contributed by atoms with Crippen molar-refractivity contribution >= 4 is 44.7 Å². The average Bonchev–Trinajstić information content (AvgIpc) is 3.09. The summed E-state index contributed by atoms with van der Waals surface area (Å²) in [5.74, 6) is 0. The van der Waals surface area contributed by atoms with Gasteiger partial charge in [0.1, 0.15) is 0 Å². The van der Waals surface area contributed by atoms with E-state index in [4.69, 9.17) is 0 Å². The smallest absolute Gasteiger partial charge is 0.0724 e. The molecule has 0 spiro atoms. The Labute approximate surface area is 243 Å². The number of hydrogen-bond donors (Lipinski definition) is 1. The molecule has 0 aliphatic carbocycles. The van der Waals surface area contributed by atoms with E-state index < -0.39 is 5.41 Å². The predicted octanol–water partition coefficient (Wildman–Crippen LogP) is 10.6. The van der Waals surface area contributed by atoms with Crippen LogP contribution >= 0.6 is 11.8 Å². The van der Waals surface area contributed by atoms with Crippen molar-refractivity contribution in [2.24, 2.45) is 0 Å². The zero-order chi connectivity index (χ0) is 27.0. The lowest BCUT2D eigenvalue weighted by Gasteiger charge is -2.42. The summed E-state index contributed by atoms with van der Waals surface area (Å²) in [4.78, 5) is 2.63. The second-order valence-corrected chi connectivity index (χ2v) is 12.0. The maximum atomic E-state index is 3.90. The molecule has 0 aromatic heterocycles. The number of fused-ring (bicyclic) bond motifs is 4. The van der Waals surface area contributed by atoms with Crippen molar-refractivity contribution in [2.45, 2.75) is 15.2 Å². The minimum absolute atomic E-state index is 0.468. The van der Waals surface area contributed by atoms with Crippen LogP contribution in [0.2, 0.25) is 0 Å². The van der Waals surface area contributed by atoms with Crippen molar-refractivity contribution in [3.63, 3.8) is 0 Å². The van der Waals surface area contributed by atoms with Gasteiger partial charge in [-0.25, -0.2) is 0 Å². The molecule has 2 bridgehead atoms. The minimum atomic E-state index is -0.468. The predicted molar refractivity (Wildman–Crippen MR) is 173 cm³/mol. The summed E-state index contributed by atoms with van der Waals surface area (Å²) < 4.78 is 0. The molecular weight excluding hydrogens is 515 g/mol. The lowest BCUT2D eigenvalue weighted by atomic mass is 9.64. The molecule has 192 valence electrons. The quantitative estimate of drug-likeness (QED) is 0.219. The maximum absolute atomic E-state index is 3.90. The molecule has 0 radical (unpaired) electrons. The molecule has 7 aromatic rings. The average molecular weight is 540 g/mol. The lowest BCUT2D eigenvalue weighted by Crippen LogP contribution is -2.34. The van der Waals surface area contributed by atoms with Gasteiger partial charge in [-0.1, -0.05) is 139 Å². The molecule has 0 atom stereocenters. The van der Waals surface area contributed by atoms with Crippen LogP contribution in [0.4, 0.5) is 11.4 Å². The first-order chi connectivity index (χ1) is 20.3. The van der Waals surface area contributed by atoms with Gasteiger partial charge in [-0.2, -0.15) is 0 Å². The monoisotopic (exact) mass is 539 g/mol. The molecule has 2 aliphatic rings. The molecule has 0 amide bonds. The van der Waals surface area contributed by atoms with Crippen molar-refractivity contribution in [1.29, 1.82) is 0 Å². The second kappa shape index (κ2) is 8.60. The molecule has 1 N–H and O–H groups in total. The zero-order valence-corrected chi connectivity index (χ0v) is 23.1. The van der Waals surface area contributed by atoms with E-state index in [0.29, 0.717) is 0 Å². The maximum Gasteiger partial charge on any atom is 0.0724 e. The molecule has 2 heteroatoms. The molecule has 2 heterocycles. The SMILES string of the molecule is c1ccc(C2(c3ccccc3)c3cccc4c3Sc3c2ccc2c3c(cc3ccccc32)-c2ccccc2N4)cc1. The third kappa shape index (κ3) is 3.08. The van der Waals surface area contributed by atoms with Gasteiger partial charge in [-0.05, 0) is 62.2 Å². The summed E-state index contributed by atoms with van der Waals surface area (Å²) in [6.45, 7) is 0. The van der Waals surface area contributed by atoms with Gasteiger partial charge in [0.2, 0.25) is 0 Å². The Hall–Kier alpha value is -4.79. The summed E-state index contributed by atoms with van der Waals surface area (Å²) in [7, 11) is 0. The largest absolute Gasteiger partial charge is 0.354 e. The van der Waals surface area contributed by atoms with Gasteiger partial charge in [0.25, 0.3) is 0 Å². The van der Waals surface area contributed by atoms with Gasteiger partial charge >= 0.3 is 0 Å². The van der Waals surface area contributed by atoms with Crippen LogP contribution in [0.1, 0.15) is 22.3 Å². The number of anilines is 2. The molecule has 9 rings (SSSR count). The van der Waals surface area contributed by atoms with E-state index in [9.17, 15) is 0 Å². The molecular formula is C39H25NS. The summed E-state index contributed by atoms with van der Waals surface area (Å²) in [6, 6.07) is 53.7. The fourth-order valence-electron chi connectivity index (χ4n) is 7.21. The number of nitrogens with one attached hydrogen (secondary N) is 1. The van der Waals surface area contributed by atoms with E-state index in [1.165, 1.54) is 64.7 Å². The van der Waals surface area contributed by atoms with Crippen molar-refractivity contribution in [2.75, 3.05) is 5.32 Å². The second-order valence-electron chi connectivity index (χ2n) is 10.9. The number of hydrogen-bond acceptors (Lipinski definition) is 2. The van der Waals surface area contributed by atoms with E-state index in [-0.39, 0.29) is 0 Å². The van der Waals surface area contributed by atoms with Gasteiger partial charge in [-0.15, -0.1) is 0 Å². The molecule has 0 saturated carbocycles. The third-order valence-electron chi connectivity index (χ3n) is 8.91. The normalized spacial score (nSPS) is 14.1. The number of para-hydroxylation sites is 1. The van der Waals surface area contributed by atoms with Crippen LogP contribution in [0, 0.1) is 0 Å². The zero-order valence-electron chi connectivity index (χ0n) is 22.3. The van der Waals surface area contributed by atoms with Gasteiger partial charge in [0, 0.05) is 26.4 Å². The van der Waals surface area contributed by atoms with Gasteiger partial charge < -0.3 is 5.32 Å². The van der Waals surface area contributed by atoms with E-state index in [1.807, 2.05) is 11.8 Å². The Morgan fingerprint density at radius 1 is 0.463 bits per heavy atom. The lowest BCUT2D eigenvalue weighted by molar-refractivity contribution is 0.707. The summed E-state index contributed by atoms with van der Waals surface area (Å²) >= 11 is 1.93.